The third-order valence-corrected chi connectivity index (χ3v) is 4.51. The van der Waals surface area contributed by atoms with Gasteiger partial charge in [0.2, 0.25) is 5.91 Å². The first-order valence-electron chi connectivity index (χ1n) is 8.72. The van der Waals surface area contributed by atoms with E-state index in [4.69, 9.17) is 0 Å². The van der Waals surface area contributed by atoms with E-state index in [1.54, 1.807) is 0 Å². The molecule has 27 heavy (non-hydrogen) atoms. The molecule has 0 saturated carbocycles. The highest BCUT2D eigenvalue weighted by molar-refractivity contribution is 5.94. The molecule has 1 aromatic heterocycles. The molecule has 0 bridgehead atoms. The standard InChI is InChI=1S/C17H23F3N4O3/c1-3-11(2)22-14(25)10-23-4-6-24(7-5-23)16(27)13-8-12(17(18,19)20)9-21-15(13)26/h8-9,11H,3-7,10H2,1-2H3,(H,21,26)(H,22,25). The van der Waals surface area contributed by atoms with Gasteiger partial charge >= 0.3 is 6.18 Å². The Kier molecular flexibility index (Phi) is 6.63. The minimum Gasteiger partial charge on any atom is -0.353 e. The van der Waals surface area contributed by atoms with Crippen molar-refractivity contribution in [1.29, 1.82) is 0 Å². The number of carbonyl (C=O) groups excluding carboxylic acids is 2. The fraction of sp³-hybridized carbons (Fsp3) is 0.588. The van der Waals surface area contributed by atoms with Gasteiger partial charge in [0.15, 0.2) is 0 Å². The van der Waals surface area contributed by atoms with Crippen LogP contribution in [0, 0.1) is 0 Å². The number of hydrogen-bond donors (Lipinski definition) is 2. The largest absolute Gasteiger partial charge is 0.417 e. The molecule has 0 radical (unpaired) electrons. The molecule has 2 rings (SSSR count). The van der Waals surface area contributed by atoms with Gasteiger partial charge < -0.3 is 15.2 Å². The Hall–Kier alpha value is -2.36. The Morgan fingerprint density at radius 2 is 1.89 bits per heavy atom. The van der Waals surface area contributed by atoms with Crippen LogP contribution >= 0.6 is 0 Å². The van der Waals surface area contributed by atoms with E-state index in [-0.39, 0.29) is 31.6 Å². The van der Waals surface area contributed by atoms with Crippen molar-refractivity contribution in [2.45, 2.75) is 32.5 Å². The average molecular weight is 388 g/mol. The van der Waals surface area contributed by atoms with Gasteiger partial charge in [0.1, 0.15) is 5.56 Å². The zero-order chi connectivity index (χ0) is 20.2. The van der Waals surface area contributed by atoms with E-state index in [1.807, 2.05) is 23.7 Å². The number of halogens is 3. The van der Waals surface area contributed by atoms with E-state index in [9.17, 15) is 27.6 Å². The maximum Gasteiger partial charge on any atom is 0.417 e. The van der Waals surface area contributed by atoms with Crippen LogP contribution in [0.2, 0.25) is 0 Å². The maximum absolute atomic E-state index is 12.8. The highest BCUT2D eigenvalue weighted by Gasteiger charge is 2.33. The molecule has 0 aromatic carbocycles. The van der Waals surface area contributed by atoms with Crippen LogP contribution in [0.1, 0.15) is 36.2 Å². The predicted octanol–water partition coefficient (Wildman–Crippen LogP) is 1.07. The minimum atomic E-state index is -4.65. The van der Waals surface area contributed by atoms with Crippen LogP contribution < -0.4 is 10.9 Å². The molecule has 1 aliphatic rings. The number of carbonyl (C=O) groups is 2. The number of aromatic amines is 1. The Morgan fingerprint density at radius 1 is 1.26 bits per heavy atom. The molecular formula is C17H23F3N4O3. The number of alkyl halides is 3. The van der Waals surface area contributed by atoms with Crippen LogP contribution in [-0.4, -0.2) is 65.4 Å². The van der Waals surface area contributed by atoms with Crippen molar-refractivity contribution in [2.24, 2.45) is 0 Å². The van der Waals surface area contributed by atoms with Crippen molar-refractivity contribution in [3.05, 3.63) is 33.7 Å². The first kappa shape index (κ1) is 20.9. The molecule has 2 heterocycles. The van der Waals surface area contributed by atoms with Crippen molar-refractivity contribution in [1.82, 2.24) is 20.1 Å². The van der Waals surface area contributed by atoms with Gasteiger partial charge in [-0.2, -0.15) is 13.2 Å². The van der Waals surface area contributed by atoms with Crippen LogP contribution in [0.25, 0.3) is 0 Å². The number of pyridine rings is 1. The van der Waals surface area contributed by atoms with Gasteiger partial charge in [0, 0.05) is 38.4 Å². The van der Waals surface area contributed by atoms with Crippen molar-refractivity contribution in [3.63, 3.8) is 0 Å². The molecule has 2 N–H and O–H groups in total. The molecule has 7 nitrogen and oxygen atoms in total. The van der Waals surface area contributed by atoms with Crippen LogP contribution in [0.3, 0.4) is 0 Å². The van der Waals surface area contributed by atoms with Crippen LogP contribution in [0.15, 0.2) is 17.1 Å². The first-order valence-corrected chi connectivity index (χ1v) is 8.72. The van der Waals surface area contributed by atoms with Gasteiger partial charge in [-0.1, -0.05) is 6.92 Å². The first-order chi connectivity index (χ1) is 12.6. The molecular weight excluding hydrogens is 365 g/mol. The topological polar surface area (TPSA) is 85.5 Å². The summed E-state index contributed by atoms with van der Waals surface area (Å²) < 4.78 is 38.4. The van der Waals surface area contributed by atoms with E-state index >= 15 is 0 Å². The summed E-state index contributed by atoms with van der Waals surface area (Å²) in [5, 5.41) is 2.85. The van der Waals surface area contributed by atoms with Crippen molar-refractivity contribution < 1.29 is 22.8 Å². The second kappa shape index (κ2) is 8.55. The molecule has 1 aliphatic heterocycles. The van der Waals surface area contributed by atoms with Gasteiger partial charge in [-0.05, 0) is 19.4 Å². The molecule has 1 unspecified atom stereocenters. The molecule has 1 aromatic rings. The lowest BCUT2D eigenvalue weighted by atomic mass is 10.1. The Bertz CT molecular complexity index is 740. The second-order valence-electron chi connectivity index (χ2n) is 6.57. The molecule has 0 spiro atoms. The van der Waals surface area contributed by atoms with Gasteiger partial charge in [0.25, 0.3) is 11.5 Å². The zero-order valence-corrected chi connectivity index (χ0v) is 15.2. The highest BCUT2D eigenvalue weighted by atomic mass is 19.4. The summed E-state index contributed by atoms with van der Waals surface area (Å²) in [6.45, 7) is 5.31. The van der Waals surface area contributed by atoms with Crippen molar-refractivity contribution in [3.8, 4) is 0 Å². The molecule has 1 saturated heterocycles. The minimum absolute atomic E-state index is 0.0769. The summed E-state index contributed by atoms with van der Waals surface area (Å²) in [6, 6.07) is 0.653. The number of aromatic nitrogens is 1. The maximum atomic E-state index is 12.8. The van der Waals surface area contributed by atoms with E-state index in [1.165, 1.54) is 4.90 Å². The van der Waals surface area contributed by atoms with E-state index in [2.05, 4.69) is 5.32 Å². The molecule has 0 aliphatic carbocycles. The van der Waals surface area contributed by atoms with Crippen LogP contribution in [-0.2, 0) is 11.0 Å². The Morgan fingerprint density at radius 3 is 2.44 bits per heavy atom. The summed E-state index contributed by atoms with van der Waals surface area (Å²) in [5.41, 5.74) is -2.47. The van der Waals surface area contributed by atoms with Gasteiger partial charge in [-0.25, -0.2) is 0 Å². The zero-order valence-electron chi connectivity index (χ0n) is 15.2. The highest BCUT2D eigenvalue weighted by Crippen LogP contribution is 2.28. The molecule has 10 heteroatoms. The Balaban J connectivity index is 1.97. The number of nitrogens with zero attached hydrogens (tertiary/aromatic N) is 2. The van der Waals surface area contributed by atoms with Crippen LogP contribution in [0.4, 0.5) is 13.2 Å². The van der Waals surface area contributed by atoms with E-state index < -0.39 is 28.8 Å². The fourth-order valence-electron chi connectivity index (χ4n) is 2.71. The van der Waals surface area contributed by atoms with Gasteiger partial charge in [-0.15, -0.1) is 0 Å². The molecule has 1 fully saturated rings. The summed E-state index contributed by atoms with van der Waals surface area (Å²) >= 11 is 0. The third-order valence-electron chi connectivity index (χ3n) is 4.51. The summed E-state index contributed by atoms with van der Waals surface area (Å²) in [6.07, 6.45) is -3.28. The second-order valence-corrected chi connectivity index (χ2v) is 6.57. The Labute approximate surface area is 154 Å². The third kappa shape index (κ3) is 5.56. The number of nitrogens with one attached hydrogen (secondary N) is 2. The van der Waals surface area contributed by atoms with Crippen molar-refractivity contribution in [2.75, 3.05) is 32.7 Å². The lowest BCUT2D eigenvalue weighted by molar-refractivity contribution is -0.137. The van der Waals surface area contributed by atoms with Crippen molar-refractivity contribution >= 4 is 11.8 Å². The normalized spacial score (nSPS) is 16.9. The van der Waals surface area contributed by atoms with Crippen LogP contribution in [0.5, 0.6) is 0 Å². The lowest BCUT2D eigenvalue weighted by Gasteiger charge is -2.34. The molecule has 2 amide bonds. The van der Waals surface area contributed by atoms with Gasteiger partial charge in [0.05, 0.1) is 12.1 Å². The summed E-state index contributed by atoms with van der Waals surface area (Å²) in [5.74, 6) is -0.857. The number of hydrogen-bond acceptors (Lipinski definition) is 4. The quantitative estimate of drug-likeness (QED) is 0.790. The lowest BCUT2D eigenvalue weighted by Crippen LogP contribution is -2.52. The predicted molar refractivity (Wildman–Crippen MR) is 92.3 cm³/mol. The number of rotatable bonds is 5. The number of amides is 2. The van der Waals surface area contributed by atoms with E-state index in [0.717, 1.165) is 6.42 Å². The summed E-state index contributed by atoms with van der Waals surface area (Å²) in [7, 11) is 0. The number of piperazine rings is 1. The van der Waals surface area contributed by atoms with E-state index in [0.29, 0.717) is 25.4 Å². The fourth-order valence-corrected chi connectivity index (χ4v) is 2.71. The van der Waals surface area contributed by atoms with Gasteiger partial charge in [-0.3, -0.25) is 19.3 Å². The molecule has 150 valence electrons. The molecule has 1 atom stereocenters. The monoisotopic (exact) mass is 388 g/mol. The number of H-pyrrole nitrogens is 1. The average Bonchev–Trinajstić information content (AvgIpc) is 2.61. The SMILES string of the molecule is CCC(C)NC(=O)CN1CCN(C(=O)c2cc(C(F)(F)F)c[nH]c2=O)CC1. The summed E-state index contributed by atoms with van der Waals surface area (Å²) in [4.78, 5) is 41.3. The smallest absolute Gasteiger partial charge is 0.353 e.